The van der Waals surface area contributed by atoms with Crippen LogP contribution in [0.15, 0.2) is 122 Å². The van der Waals surface area contributed by atoms with Crippen molar-refractivity contribution in [1.29, 1.82) is 0 Å². The second-order valence-electron chi connectivity index (χ2n) is 12.0. The molecule has 50 heavy (non-hydrogen) atoms. The fraction of sp³-hybridized carbons (Fsp3) is 0.150. The van der Waals surface area contributed by atoms with Crippen LogP contribution in [-0.4, -0.2) is 9.97 Å². The molecule has 2 aliphatic rings. The summed E-state index contributed by atoms with van der Waals surface area (Å²) in [7, 11) is 0. The Bertz CT molecular complexity index is 1940. The van der Waals surface area contributed by atoms with Crippen LogP contribution in [0.3, 0.4) is 0 Å². The lowest BCUT2D eigenvalue weighted by molar-refractivity contribution is 0.176. The number of anilines is 2. The number of ether oxygens (including phenoxy) is 4. The predicted octanol–water partition coefficient (Wildman–Crippen LogP) is 9.32. The summed E-state index contributed by atoms with van der Waals surface area (Å²) in [5.74, 6) is 3.49. The topological polar surface area (TPSA) is 115 Å². The number of aryl methyl sites for hydroxylation is 2. The van der Waals surface area contributed by atoms with Gasteiger partial charge in [-0.1, -0.05) is 24.3 Å². The van der Waals surface area contributed by atoms with Gasteiger partial charge in [-0.05, 0) is 121 Å². The van der Waals surface area contributed by atoms with Gasteiger partial charge in [0.2, 0.25) is 11.8 Å². The lowest BCUT2D eigenvalue weighted by atomic mass is 9.97. The molecule has 0 aliphatic carbocycles. The smallest absolute Gasteiger partial charge is 0.219 e. The minimum atomic E-state index is -0.244. The molecule has 2 atom stereocenters. The summed E-state index contributed by atoms with van der Waals surface area (Å²) >= 11 is 0. The fourth-order valence-corrected chi connectivity index (χ4v) is 5.89. The number of halogens is 2. The van der Waals surface area contributed by atoms with Crippen LogP contribution in [0.5, 0.6) is 34.8 Å². The SMILES string of the molecule is Nc1ccc(Oc2ccc3c(c2)CCC(c2cccc(F)c2)O3)nc1.Nc1ccc(Oc2ccc3c(c2)CCC(c2cccc(F)c2)O3)nc1. The van der Waals surface area contributed by atoms with Crippen molar-refractivity contribution in [1.82, 2.24) is 9.97 Å². The second kappa shape index (κ2) is 14.5. The van der Waals surface area contributed by atoms with E-state index in [-0.39, 0.29) is 23.8 Å². The molecule has 252 valence electrons. The van der Waals surface area contributed by atoms with Gasteiger partial charge in [0.1, 0.15) is 46.8 Å². The maximum atomic E-state index is 13.4. The third-order valence-corrected chi connectivity index (χ3v) is 8.36. The van der Waals surface area contributed by atoms with E-state index in [1.807, 2.05) is 48.5 Å². The first kappa shape index (κ1) is 32.4. The first-order chi connectivity index (χ1) is 24.3. The Balaban J connectivity index is 0.000000157. The lowest BCUT2D eigenvalue weighted by Crippen LogP contribution is -2.15. The van der Waals surface area contributed by atoms with E-state index in [1.165, 1.54) is 24.3 Å². The highest BCUT2D eigenvalue weighted by atomic mass is 19.1. The summed E-state index contributed by atoms with van der Waals surface area (Å²) in [5.41, 5.74) is 16.3. The maximum Gasteiger partial charge on any atom is 0.219 e. The molecule has 4 N–H and O–H groups in total. The molecule has 0 fully saturated rings. The third-order valence-electron chi connectivity index (χ3n) is 8.36. The molecule has 8 nitrogen and oxygen atoms in total. The van der Waals surface area contributed by atoms with E-state index in [4.69, 9.17) is 30.4 Å². The van der Waals surface area contributed by atoms with Crippen molar-refractivity contribution in [2.45, 2.75) is 37.9 Å². The van der Waals surface area contributed by atoms with Crippen molar-refractivity contribution in [2.75, 3.05) is 11.5 Å². The van der Waals surface area contributed by atoms with Crippen LogP contribution in [0.1, 0.15) is 47.3 Å². The normalized spacial score (nSPS) is 16.0. The second-order valence-corrected chi connectivity index (χ2v) is 12.0. The van der Waals surface area contributed by atoms with Gasteiger partial charge in [-0.3, -0.25) is 0 Å². The van der Waals surface area contributed by atoms with Crippen molar-refractivity contribution in [2.24, 2.45) is 0 Å². The highest BCUT2D eigenvalue weighted by Gasteiger charge is 2.23. The molecule has 0 saturated heterocycles. The monoisotopic (exact) mass is 672 g/mol. The number of nitrogens with zero attached hydrogens (tertiary/aromatic N) is 2. The van der Waals surface area contributed by atoms with E-state index in [2.05, 4.69) is 9.97 Å². The third kappa shape index (κ3) is 7.92. The minimum Gasteiger partial charge on any atom is -0.485 e. The van der Waals surface area contributed by atoms with Gasteiger partial charge in [0.05, 0.1) is 23.8 Å². The molecule has 8 rings (SSSR count). The summed E-state index contributed by atoms with van der Waals surface area (Å²) in [6.07, 6.45) is 6.11. The molecule has 6 aromatic rings. The summed E-state index contributed by atoms with van der Waals surface area (Å²) in [6, 6.07) is 31.4. The molecule has 0 bridgehead atoms. The van der Waals surface area contributed by atoms with Gasteiger partial charge in [0, 0.05) is 12.1 Å². The number of pyridine rings is 2. The molecule has 4 heterocycles. The molecular weight excluding hydrogens is 638 g/mol. The minimum absolute atomic E-state index is 0.131. The molecule has 2 unspecified atom stereocenters. The number of rotatable bonds is 6. The summed E-state index contributed by atoms with van der Waals surface area (Å²) in [6.45, 7) is 0. The van der Waals surface area contributed by atoms with Crippen LogP contribution >= 0.6 is 0 Å². The molecule has 2 aromatic heterocycles. The van der Waals surface area contributed by atoms with E-state index < -0.39 is 0 Å². The number of nitrogen functional groups attached to an aromatic ring is 2. The van der Waals surface area contributed by atoms with Crippen LogP contribution in [-0.2, 0) is 12.8 Å². The van der Waals surface area contributed by atoms with E-state index >= 15 is 0 Å². The van der Waals surface area contributed by atoms with Crippen molar-refractivity contribution in [3.63, 3.8) is 0 Å². The molecule has 0 saturated carbocycles. The molecule has 0 radical (unpaired) electrons. The Morgan fingerprint density at radius 3 is 1.42 bits per heavy atom. The molecule has 0 amide bonds. The van der Waals surface area contributed by atoms with Gasteiger partial charge >= 0.3 is 0 Å². The van der Waals surface area contributed by atoms with Crippen LogP contribution in [0.25, 0.3) is 0 Å². The van der Waals surface area contributed by atoms with Gasteiger partial charge in [0.15, 0.2) is 0 Å². The number of hydrogen-bond donors (Lipinski definition) is 2. The number of fused-ring (bicyclic) bond motifs is 2. The summed E-state index contributed by atoms with van der Waals surface area (Å²) in [4.78, 5) is 8.26. The van der Waals surface area contributed by atoms with Crippen LogP contribution in [0.2, 0.25) is 0 Å². The van der Waals surface area contributed by atoms with Gasteiger partial charge in [-0.15, -0.1) is 0 Å². The lowest BCUT2D eigenvalue weighted by Gasteiger charge is -2.26. The highest BCUT2D eigenvalue weighted by Crippen LogP contribution is 2.39. The molecule has 2 aliphatic heterocycles. The maximum absolute atomic E-state index is 13.4. The quantitative estimate of drug-likeness (QED) is 0.180. The molecular formula is C40H34F2N4O4. The Labute approximate surface area is 288 Å². The Kier molecular flexibility index (Phi) is 9.41. The van der Waals surface area contributed by atoms with Crippen LogP contribution in [0.4, 0.5) is 20.2 Å². The van der Waals surface area contributed by atoms with Crippen molar-refractivity contribution in [3.8, 4) is 34.8 Å². The predicted molar refractivity (Wildman–Crippen MR) is 187 cm³/mol. The van der Waals surface area contributed by atoms with E-state index in [0.717, 1.165) is 59.4 Å². The number of hydrogen-bond acceptors (Lipinski definition) is 8. The number of aromatic nitrogens is 2. The van der Waals surface area contributed by atoms with Gasteiger partial charge < -0.3 is 30.4 Å². The van der Waals surface area contributed by atoms with E-state index in [1.54, 1.807) is 48.8 Å². The van der Waals surface area contributed by atoms with Crippen LogP contribution < -0.4 is 30.4 Å². The first-order valence-corrected chi connectivity index (χ1v) is 16.2. The zero-order valence-corrected chi connectivity index (χ0v) is 27.0. The Morgan fingerprint density at radius 1 is 0.560 bits per heavy atom. The van der Waals surface area contributed by atoms with Crippen molar-refractivity contribution < 1.29 is 27.7 Å². The largest absolute Gasteiger partial charge is 0.485 e. The van der Waals surface area contributed by atoms with Crippen molar-refractivity contribution >= 4 is 11.4 Å². The Hall–Kier alpha value is -6.16. The molecule has 4 aromatic carbocycles. The molecule has 10 heteroatoms. The number of benzene rings is 4. The number of nitrogens with two attached hydrogens (primary N) is 2. The highest BCUT2D eigenvalue weighted by molar-refractivity contribution is 5.46. The fourth-order valence-electron chi connectivity index (χ4n) is 5.89. The Morgan fingerprint density at radius 2 is 1.02 bits per heavy atom. The van der Waals surface area contributed by atoms with Crippen LogP contribution in [0, 0.1) is 11.6 Å². The van der Waals surface area contributed by atoms with E-state index in [0.29, 0.717) is 34.6 Å². The average Bonchev–Trinajstić information content (AvgIpc) is 3.13. The summed E-state index contributed by atoms with van der Waals surface area (Å²) < 4.78 is 50.4. The van der Waals surface area contributed by atoms with Gasteiger partial charge in [0.25, 0.3) is 0 Å². The average molecular weight is 673 g/mol. The zero-order chi connectivity index (χ0) is 34.5. The van der Waals surface area contributed by atoms with Crippen molar-refractivity contribution in [3.05, 3.63) is 155 Å². The van der Waals surface area contributed by atoms with Gasteiger partial charge in [-0.2, -0.15) is 0 Å². The standard InChI is InChI=1S/2C20H17FN2O2/c2*21-15-3-1-2-13(10-15)18-7-4-14-11-17(6-8-19(14)25-18)24-20-9-5-16(22)12-23-20/h2*1-3,5-6,8-12,18H,4,7,22H2. The zero-order valence-electron chi connectivity index (χ0n) is 27.0. The van der Waals surface area contributed by atoms with Gasteiger partial charge in [-0.25, -0.2) is 18.7 Å². The molecule has 0 spiro atoms. The summed E-state index contributed by atoms with van der Waals surface area (Å²) in [5, 5.41) is 0. The van der Waals surface area contributed by atoms with E-state index in [9.17, 15) is 8.78 Å². The first-order valence-electron chi connectivity index (χ1n) is 16.2.